The number of aliphatic carboxylic acids is 1. The highest BCUT2D eigenvalue weighted by atomic mass is 16.5. The monoisotopic (exact) mass is 255 g/mol. The molecule has 1 saturated heterocycles. The fourth-order valence-electron chi connectivity index (χ4n) is 3.18. The van der Waals surface area contributed by atoms with Crippen LogP contribution in [0.3, 0.4) is 0 Å². The van der Waals surface area contributed by atoms with Gasteiger partial charge in [0.25, 0.3) is 0 Å². The molecular weight excluding hydrogens is 230 g/mol. The maximum atomic E-state index is 10.6. The Morgan fingerprint density at radius 1 is 1.22 bits per heavy atom. The summed E-state index contributed by atoms with van der Waals surface area (Å²) in [6.45, 7) is 2.82. The van der Waals surface area contributed by atoms with Crippen LogP contribution in [0.2, 0.25) is 0 Å². The van der Waals surface area contributed by atoms with Crippen LogP contribution in [0.4, 0.5) is 0 Å². The van der Waals surface area contributed by atoms with Gasteiger partial charge < -0.3 is 9.84 Å². The van der Waals surface area contributed by atoms with E-state index in [-0.39, 0.29) is 6.42 Å². The van der Waals surface area contributed by atoms with E-state index in [9.17, 15) is 4.79 Å². The standard InChI is InChI=1S/C14H25NO3/c16-14(17)8-3-9-15(12-5-1-2-6-12)11-13-7-4-10-18-13/h12-13H,1-11H2,(H,16,17). The minimum atomic E-state index is -0.682. The lowest BCUT2D eigenvalue weighted by molar-refractivity contribution is -0.137. The van der Waals surface area contributed by atoms with Gasteiger partial charge in [-0.15, -0.1) is 0 Å². The summed E-state index contributed by atoms with van der Waals surface area (Å²) in [7, 11) is 0. The van der Waals surface area contributed by atoms with E-state index in [0.717, 1.165) is 26.1 Å². The van der Waals surface area contributed by atoms with Crippen LogP contribution in [0.1, 0.15) is 51.4 Å². The summed E-state index contributed by atoms with van der Waals surface area (Å²) in [5.41, 5.74) is 0. The van der Waals surface area contributed by atoms with Crippen LogP contribution in [0, 0.1) is 0 Å². The summed E-state index contributed by atoms with van der Waals surface area (Å²) in [5.74, 6) is -0.682. The van der Waals surface area contributed by atoms with E-state index in [1.165, 1.54) is 38.5 Å². The van der Waals surface area contributed by atoms with E-state index in [2.05, 4.69) is 4.90 Å². The van der Waals surface area contributed by atoms with Gasteiger partial charge in [-0.25, -0.2) is 0 Å². The molecule has 1 aliphatic carbocycles. The molecule has 0 bridgehead atoms. The van der Waals surface area contributed by atoms with E-state index in [4.69, 9.17) is 9.84 Å². The average molecular weight is 255 g/mol. The van der Waals surface area contributed by atoms with Crippen molar-refractivity contribution in [2.45, 2.75) is 63.5 Å². The van der Waals surface area contributed by atoms with Crippen molar-refractivity contribution < 1.29 is 14.6 Å². The maximum absolute atomic E-state index is 10.6. The van der Waals surface area contributed by atoms with Gasteiger partial charge in [0.15, 0.2) is 0 Å². The average Bonchev–Trinajstić information content (AvgIpc) is 3.00. The van der Waals surface area contributed by atoms with Crippen molar-refractivity contribution in [1.29, 1.82) is 0 Å². The van der Waals surface area contributed by atoms with Crippen molar-refractivity contribution in [3.05, 3.63) is 0 Å². The van der Waals surface area contributed by atoms with Gasteiger partial charge in [0, 0.05) is 25.6 Å². The molecule has 1 heterocycles. The zero-order valence-electron chi connectivity index (χ0n) is 11.1. The molecule has 1 atom stereocenters. The molecule has 0 radical (unpaired) electrons. The molecule has 1 aliphatic heterocycles. The number of carboxylic acids is 1. The third kappa shape index (κ3) is 4.25. The number of nitrogens with zero attached hydrogens (tertiary/aromatic N) is 1. The van der Waals surface area contributed by atoms with Crippen molar-refractivity contribution in [3.8, 4) is 0 Å². The Hall–Kier alpha value is -0.610. The van der Waals surface area contributed by atoms with Crippen molar-refractivity contribution in [3.63, 3.8) is 0 Å². The second-order valence-corrected chi connectivity index (χ2v) is 5.57. The van der Waals surface area contributed by atoms with Crippen molar-refractivity contribution in [1.82, 2.24) is 4.90 Å². The predicted molar refractivity (Wildman–Crippen MR) is 69.7 cm³/mol. The zero-order valence-corrected chi connectivity index (χ0v) is 11.1. The lowest BCUT2D eigenvalue weighted by Gasteiger charge is -2.30. The molecule has 0 aromatic rings. The van der Waals surface area contributed by atoms with Gasteiger partial charge in [-0.3, -0.25) is 9.69 Å². The molecule has 0 aromatic heterocycles. The molecule has 0 aromatic carbocycles. The van der Waals surface area contributed by atoms with E-state index >= 15 is 0 Å². The maximum Gasteiger partial charge on any atom is 0.303 e. The smallest absolute Gasteiger partial charge is 0.303 e. The second kappa shape index (κ2) is 7.10. The molecular formula is C14H25NO3. The second-order valence-electron chi connectivity index (χ2n) is 5.57. The van der Waals surface area contributed by atoms with Crippen molar-refractivity contribution >= 4 is 5.97 Å². The van der Waals surface area contributed by atoms with Crippen LogP contribution in [0.25, 0.3) is 0 Å². The van der Waals surface area contributed by atoms with E-state index < -0.39 is 5.97 Å². The Kier molecular flexibility index (Phi) is 5.45. The van der Waals surface area contributed by atoms with Gasteiger partial charge in [0.05, 0.1) is 6.10 Å². The van der Waals surface area contributed by atoms with Gasteiger partial charge in [0.1, 0.15) is 0 Å². The third-order valence-corrected chi connectivity index (χ3v) is 4.14. The molecule has 1 N–H and O–H groups in total. The highest BCUT2D eigenvalue weighted by Crippen LogP contribution is 2.25. The van der Waals surface area contributed by atoms with Gasteiger partial charge >= 0.3 is 5.97 Å². The summed E-state index contributed by atoms with van der Waals surface area (Å²) >= 11 is 0. The zero-order chi connectivity index (χ0) is 12.8. The fourth-order valence-corrected chi connectivity index (χ4v) is 3.18. The van der Waals surface area contributed by atoms with Crippen LogP contribution >= 0.6 is 0 Å². The summed E-state index contributed by atoms with van der Waals surface area (Å²) < 4.78 is 5.71. The highest BCUT2D eigenvalue weighted by Gasteiger charge is 2.26. The van der Waals surface area contributed by atoms with Gasteiger partial charge in [-0.2, -0.15) is 0 Å². The first kappa shape index (κ1) is 13.8. The molecule has 104 valence electrons. The number of hydrogen-bond donors (Lipinski definition) is 1. The Morgan fingerprint density at radius 2 is 2.00 bits per heavy atom. The fraction of sp³-hybridized carbons (Fsp3) is 0.929. The van der Waals surface area contributed by atoms with Crippen LogP contribution in [0.15, 0.2) is 0 Å². The topological polar surface area (TPSA) is 49.8 Å². The minimum Gasteiger partial charge on any atom is -0.481 e. The molecule has 18 heavy (non-hydrogen) atoms. The molecule has 1 saturated carbocycles. The van der Waals surface area contributed by atoms with Gasteiger partial charge in [-0.05, 0) is 38.6 Å². The van der Waals surface area contributed by atoms with Crippen LogP contribution in [-0.4, -0.2) is 47.8 Å². The van der Waals surface area contributed by atoms with Crippen molar-refractivity contribution in [2.75, 3.05) is 19.7 Å². The minimum absolute atomic E-state index is 0.286. The Morgan fingerprint density at radius 3 is 2.61 bits per heavy atom. The number of ether oxygens (including phenoxy) is 1. The normalized spacial score (nSPS) is 25.1. The summed E-state index contributed by atoms with van der Waals surface area (Å²) in [4.78, 5) is 13.1. The van der Waals surface area contributed by atoms with E-state index in [1.807, 2.05) is 0 Å². The predicted octanol–water partition coefficient (Wildman–Crippen LogP) is 2.27. The first-order valence-electron chi connectivity index (χ1n) is 7.33. The molecule has 4 heteroatoms. The van der Waals surface area contributed by atoms with Crippen LogP contribution in [0.5, 0.6) is 0 Å². The third-order valence-electron chi connectivity index (χ3n) is 4.14. The van der Waals surface area contributed by atoms with E-state index in [1.54, 1.807) is 0 Å². The Balaban J connectivity index is 1.78. The number of carbonyl (C=O) groups is 1. The SMILES string of the molecule is O=C(O)CCCN(CC1CCCO1)C1CCCC1. The summed E-state index contributed by atoms with van der Waals surface area (Å²) in [6, 6.07) is 0.669. The van der Waals surface area contributed by atoms with Crippen LogP contribution in [-0.2, 0) is 9.53 Å². The largest absolute Gasteiger partial charge is 0.481 e. The first-order valence-corrected chi connectivity index (χ1v) is 7.33. The molecule has 2 aliphatic rings. The number of rotatable bonds is 7. The summed E-state index contributed by atoms with van der Waals surface area (Å²) in [5, 5.41) is 8.73. The van der Waals surface area contributed by atoms with Crippen LogP contribution < -0.4 is 0 Å². The molecule has 4 nitrogen and oxygen atoms in total. The highest BCUT2D eigenvalue weighted by molar-refractivity contribution is 5.66. The quantitative estimate of drug-likeness (QED) is 0.758. The lowest BCUT2D eigenvalue weighted by Crippen LogP contribution is -2.39. The molecule has 2 fully saturated rings. The van der Waals surface area contributed by atoms with E-state index in [0.29, 0.717) is 12.1 Å². The Bertz CT molecular complexity index is 258. The van der Waals surface area contributed by atoms with Gasteiger partial charge in [0.2, 0.25) is 0 Å². The number of carboxylic acid groups (broad SMARTS) is 1. The Labute approximate surface area is 109 Å². The molecule has 0 amide bonds. The lowest BCUT2D eigenvalue weighted by atomic mass is 10.1. The number of hydrogen-bond acceptors (Lipinski definition) is 3. The van der Waals surface area contributed by atoms with Crippen molar-refractivity contribution in [2.24, 2.45) is 0 Å². The molecule has 0 spiro atoms. The first-order chi connectivity index (χ1) is 8.75. The molecule has 1 unspecified atom stereocenters. The summed E-state index contributed by atoms with van der Waals surface area (Å²) in [6.07, 6.45) is 8.99. The molecule has 2 rings (SSSR count). The van der Waals surface area contributed by atoms with Gasteiger partial charge in [-0.1, -0.05) is 12.8 Å².